The smallest absolute Gasteiger partial charge is 0.134 e. The molecule has 0 bridgehead atoms. The lowest BCUT2D eigenvalue weighted by atomic mass is 10.00. The second-order valence-corrected chi connectivity index (χ2v) is 5.16. The molecule has 1 unspecified atom stereocenters. The Kier molecular flexibility index (Phi) is 3.57. The van der Waals surface area contributed by atoms with Gasteiger partial charge in [0.25, 0.3) is 0 Å². The number of rotatable bonds is 4. The number of fused-ring (bicyclic) bond motifs is 1. The summed E-state index contributed by atoms with van der Waals surface area (Å²) in [5, 5.41) is 4.52. The summed E-state index contributed by atoms with van der Waals surface area (Å²) in [6.07, 6.45) is 0.934. The summed E-state index contributed by atoms with van der Waals surface area (Å²) in [6.45, 7) is 2.15. The van der Waals surface area contributed by atoms with E-state index < -0.39 is 0 Å². The molecule has 0 saturated heterocycles. The van der Waals surface area contributed by atoms with Crippen LogP contribution in [0.3, 0.4) is 0 Å². The van der Waals surface area contributed by atoms with Crippen LogP contribution in [0.5, 0.6) is 0 Å². The highest BCUT2D eigenvalue weighted by Crippen LogP contribution is 2.26. The molecule has 3 rings (SSSR count). The van der Waals surface area contributed by atoms with Gasteiger partial charge < -0.3 is 9.73 Å². The minimum atomic E-state index is 0.198. The molecule has 0 aliphatic heterocycles. The summed E-state index contributed by atoms with van der Waals surface area (Å²) < 4.78 is 5.97. The van der Waals surface area contributed by atoms with Crippen molar-refractivity contribution >= 4 is 11.0 Å². The molecular formula is C18H19NO. The standard InChI is InChI=1S/C18H19NO/c1-13-7-3-4-8-14(13)11-16(19-2)18-12-15-9-5-6-10-17(15)20-18/h3-10,12,16,19H,11H2,1-2H3. The second-order valence-electron chi connectivity index (χ2n) is 5.16. The Morgan fingerprint density at radius 2 is 1.80 bits per heavy atom. The van der Waals surface area contributed by atoms with Gasteiger partial charge in [0.1, 0.15) is 11.3 Å². The molecule has 0 amide bonds. The summed E-state index contributed by atoms with van der Waals surface area (Å²) in [5.41, 5.74) is 3.63. The molecule has 0 aliphatic rings. The number of hydrogen-bond acceptors (Lipinski definition) is 2. The Balaban J connectivity index is 1.91. The first-order chi connectivity index (χ1) is 9.78. The predicted octanol–water partition coefficient (Wildman–Crippen LogP) is 4.24. The van der Waals surface area contributed by atoms with E-state index in [-0.39, 0.29) is 6.04 Å². The van der Waals surface area contributed by atoms with E-state index in [1.165, 1.54) is 11.1 Å². The van der Waals surface area contributed by atoms with Crippen LogP contribution in [0.15, 0.2) is 59.0 Å². The van der Waals surface area contributed by atoms with Crippen molar-refractivity contribution in [3.05, 3.63) is 71.5 Å². The summed E-state index contributed by atoms with van der Waals surface area (Å²) >= 11 is 0. The molecular weight excluding hydrogens is 246 g/mol. The van der Waals surface area contributed by atoms with E-state index in [9.17, 15) is 0 Å². The highest BCUT2D eigenvalue weighted by molar-refractivity contribution is 5.77. The highest BCUT2D eigenvalue weighted by atomic mass is 16.3. The van der Waals surface area contributed by atoms with Gasteiger partial charge in [-0.1, -0.05) is 42.5 Å². The van der Waals surface area contributed by atoms with E-state index in [2.05, 4.69) is 48.6 Å². The first-order valence-corrected chi connectivity index (χ1v) is 6.98. The largest absolute Gasteiger partial charge is 0.459 e. The fourth-order valence-corrected chi connectivity index (χ4v) is 2.58. The van der Waals surface area contributed by atoms with Gasteiger partial charge in [0.15, 0.2) is 0 Å². The minimum Gasteiger partial charge on any atom is -0.459 e. The Morgan fingerprint density at radius 3 is 2.55 bits per heavy atom. The number of furan rings is 1. The van der Waals surface area contributed by atoms with Gasteiger partial charge in [-0.15, -0.1) is 0 Å². The van der Waals surface area contributed by atoms with Crippen molar-refractivity contribution in [2.45, 2.75) is 19.4 Å². The fourth-order valence-electron chi connectivity index (χ4n) is 2.58. The number of hydrogen-bond donors (Lipinski definition) is 1. The topological polar surface area (TPSA) is 25.2 Å². The number of para-hydroxylation sites is 1. The predicted molar refractivity (Wildman–Crippen MR) is 82.9 cm³/mol. The number of likely N-dealkylation sites (N-methyl/N-ethyl adjacent to an activating group) is 1. The molecule has 3 aromatic rings. The van der Waals surface area contributed by atoms with Crippen LogP contribution in [0.4, 0.5) is 0 Å². The average Bonchev–Trinajstić information content (AvgIpc) is 2.90. The van der Waals surface area contributed by atoms with Crippen molar-refractivity contribution in [2.75, 3.05) is 7.05 Å². The molecule has 1 heterocycles. The van der Waals surface area contributed by atoms with Crippen LogP contribution in [0.2, 0.25) is 0 Å². The molecule has 1 N–H and O–H groups in total. The van der Waals surface area contributed by atoms with Gasteiger partial charge in [0, 0.05) is 5.39 Å². The van der Waals surface area contributed by atoms with Gasteiger partial charge in [-0.3, -0.25) is 0 Å². The zero-order valence-corrected chi connectivity index (χ0v) is 11.9. The van der Waals surface area contributed by atoms with Crippen molar-refractivity contribution in [1.82, 2.24) is 5.32 Å². The monoisotopic (exact) mass is 265 g/mol. The molecule has 0 saturated carbocycles. The first kappa shape index (κ1) is 12.9. The van der Waals surface area contributed by atoms with E-state index in [0.717, 1.165) is 23.2 Å². The van der Waals surface area contributed by atoms with Gasteiger partial charge in [-0.25, -0.2) is 0 Å². The molecule has 20 heavy (non-hydrogen) atoms. The fraction of sp³-hybridized carbons (Fsp3) is 0.222. The molecule has 2 heteroatoms. The van der Waals surface area contributed by atoms with Crippen molar-refractivity contribution in [2.24, 2.45) is 0 Å². The Labute approximate surface area is 119 Å². The van der Waals surface area contributed by atoms with E-state index in [4.69, 9.17) is 4.42 Å². The third-order valence-corrected chi connectivity index (χ3v) is 3.82. The van der Waals surface area contributed by atoms with E-state index in [1.807, 2.05) is 25.2 Å². The van der Waals surface area contributed by atoms with E-state index in [0.29, 0.717) is 0 Å². The van der Waals surface area contributed by atoms with Crippen molar-refractivity contribution in [3.63, 3.8) is 0 Å². The number of aryl methyl sites for hydroxylation is 1. The first-order valence-electron chi connectivity index (χ1n) is 6.98. The summed E-state index contributed by atoms with van der Waals surface area (Å²) in [7, 11) is 1.98. The lowest BCUT2D eigenvalue weighted by Crippen LogP contribution is -2.18. The zero-order valence-electron chi connectivity index (χ0n) is 11.9. The third-order valence-electron chi connectivity index (χ3n) is 3.82. The van der Waals surface area contributed by atoms with Crippen LogP contribution < -0.4 is 5.32 Å². The Bertz CT molecular complexity index is 681. The van der Waals surface area contributed by atoms with Gasteiger partial charge in [-0.2, -0.15) is 0 Å². The normalized spacial score (nSPS) is 12.7. The Hall–Kier alpha value is -2.06. The van der Waals surface area contributed by atoms with Gasteiger partial charge in [0.2, 0.25) is 0 Å². The molecule has 0 fully saturated rings. The third kappa shape index (κ3) is 2.47. The molecule has 1 atom stereocenters. The molecule has 2 aromatic carbocycles. The van der Waals surface area contributed by atoms with Crippen LogP contribution in [0.1, 0.15) is 22.9 Å². The minimum absolute atomic E-state index is 0.198. The maximum absolute atomic E-state index is 5.97. The van der Waals surface area contributed by atoms with Crippen molar-refractivity contribution < 1.29 is 4.42 Å². The molecule has 0 spiro atoms. The van der Waals surface area contributed by atoms with E-state index >= 15 is 0 Å². The Morgan fingerprint density at radius 1 is 1.05 bits per heavy atom. The molecule has 1 aromatic heterocycles. The molecule has 102 valence electrons. The SMILES string of the molecule is CNC(Cc1ccccc1C)c1cc2ccccc2o1. The highest BCUT2D eigenvalue weighted by Gasteiger charge is 2.15. The van der Waals surface area contributed by atoms with Crippen LogP contribution in [-0.2, 0) is 6.42 Å². The van der Waals surface area contributed by atoms with Crippen LogP contribution in [0.25, 0.3) is 11.0 Å². The number of benzene rings is 2. The van der Waals surface area contributed by atoms with Crippen LogP contribution in [-0.4, -0.2) is 7.05 Å². The van der Waals surface area contributed by atoms with Crippen molar-refractivity contribution in [1.29, 1.82) is 0 Å². The quantitative estimate of drug-likeness (QED) is 0.763. The molecule has 0 aliphatic carbocycles. The maximum Gasteiger partial charge on any atom is 0.134 e. The summed E-state index contributed by atoms with van der Waals surface area (Å²) in [4.78, 5) is 0. The van der Waals surface area contributed by atoms with Gasteiger partial charge in [-0.05, 0) is 43.7 Å². The molecule has 2 nitrogen and oxygen atoms in total. The second kappa shape index (κ2) is 5.51. The molecule has 0 radical (unpaired) electrons. The van der Waals surface area contributed by atoms with Crippen LogP contribution >= 0.6 is 0 Å². The maximum atomic E-state index is 5.97. The zero-order chi connectivity index (χ0) is 13.9. The van der Waals surface area contributed by atoms with Gasteiger partial charge in [0.05, 0.1) is 6.04 Å². The van der Waals surface area contributed by atoms with E-state index in [1.54, 1.807) is 0 Å². The average molecular weight is 265 g/mol. The van der Waals surface area contributed by atoms with Crippen LogP contribution in [0, 0.1) is 6.92 Å². The summed E-state index contributed by atoms with van der Waals surface area (Å²) in [6, 6.07) is 19.0. The van der Waals surface area contributed by atoms with Crippen molar-refractivity contribution in [3.8, 4) is 0 Å². The lowest BCUT2D eigenvalue weighted by molar-refractivity contribution is 0.450. The summed E-state index contributed by atoms with van der Waals surface area (Å²) in [5.74, 6) is 0.997. The van der Waals surface area contributed by atoms with Gasteiger partial charge >= 0.3 is 0 Å². The number of nitrogens with one attached hydrogen (secondary N) is 1. The lowest BCUT2D eigenvalue weighted by Gasteiger charge is -2.15.